The van der Waals surface area contributed by atoms with Crippen LogP contribution < -0.4 is 4.74 Å². The number of fused-ring (bicyclic) bond motifs is 2. The number of benzene rings is 1. The Balaban J connectivity index is 1.78. The predicted molar refractivity (Wildman–Crippen MR) is 75.4 cm³/mol. The Labute approximate surface area is 125 Å². The fraction of sp³-hybridized carbons (Fsp3) is 0.600. The van der Waals surface area contributed by atoms with Crippen LogP contribution in [-0.4, -0.2) is 27.6 Å². The molecular formula is C15H17F3O2S. The lowest BCUT2D eigenvalue weighted by Gasteiger charge is -2.36. The molecule has 2 fully saturated rings. The first-order valence-corrected chi connectivity index (χ1v) is 7.99. The van der Waals surface area contributed by atoms with Crippen LogP contribution in [-0.2, 0) is 6.42 Å². The Morgan fingerprint density at radius 2 is 1.81 bits per heavy atom. The summed E-state index contributed by atoms with van der Waals surface area (Å²) in [6.45, 7) is 0. The second kappa shape index (κ2) is 5.39. The third kappa shape index (κ3) is 3.66. The molecule has 2 saturated heterocycles. The van der Waals surface area contributed by atoms with E-state index in [9.17, 15) is 18.3 Å². The van der Waals surface area contributed by atoms with Crippen molar-refractivity contribution in [3.05, 3.63) is 29.8 Å². The molecule has 0 aromatic heterocycles. The van der Waals surface area contributed by atoms with Crippen LogP contribution in [0.25, 0.3) is 0 Å². The van der Waals surface area contributed by atoms with Crippen LogP contribution in [0.5, 0.6) is 5.75 Å². The Bertz CT molecular complexity index is 506. The number of thioether (sulfide) groups is 1. The number of para-hydroxylation sites is 1. The van der Waals surface area contributed by atoms with Crippen LogP contribution in [0.2, 0.25) is 0 Å². The van der Waals surface area contributed by atoms with Gasteiger partial charge >= 0.3 is 6.36 Å². The van der Waals surface area contributed by atoms with Crippen molar-refractivity contribution in [2.45, 2.75) is 54.6 Å². The molecule has 0 spiro atoms. The van der Waals surface area contributed by atoms with Crippen molar-refractivity contribution >= 4 is 11.8 Å². The number of hydrogen-bond donors (Lipinski definition) is 1. The van der Waals surface area contributed by atoms with Crippen molar-refractivity contribution in [1.82, 2.24) is 0 Å². The fourth-order valence-electron chi connectivity index (χ4n) is 3.38. The Hall–Kier alpha value is -0.880. The summed E-state index contributed by atoms with van der Waals surface area (Å²) >= 11 is 1.91. The molecule has 2 atom stereocenters. The minimum absolute atomic E-state index is 0.205. The van der Waals surface area contributed by atoms with Crippen molar-refractivity contribution in [2.75, 3.05) is 0 Å². The minimum Gasteiger partial charge on any atom is -0.406 e. The first-order chi connectivity index (χ1) is 9.83. The summed E-state index contributed by atoms with van der Waals surface area (Å²) in [5, 5.41) is 11.6. The molecule has 116 valence electrons. The van der Waals surface area contributed by atoms with Crippen molar-refractivity contribution in [3.8, 4) is 5.75 Å². The van der Waals surface area contributed by atoms with Crippen molar-refractivity contribution in [3.63, 3.8) is 0 Å². The molecule has 6 heteroatoms. The molecule has 1 N–H and O–H groups in total. The second-order valence-corrected chi connectivity index (χ2v) is 7.53. The van der Waals surface area contributed by atoms with E-state index in [0.29, 0.717) is 28.9 Å². The van der Waals surface area contributed by atoms with Gasteiger partial charge in [0.2, 0.25) is 0 Å². The van der Waals surface area contributed by atoms with E-state index in [4.69, 9.17) is 0 Å². The summed E-state index contributed by atoms with van der Waals surface area (Å²) in [4.78, 5) is 0. The summed E-state index contributed by atoms with van der Waals surface area (Å²) in [6.07, 6.45) is -1.01. The molecule has 0 radical (unpaired) electrons. The highest BCUT2D eigenvalue weighted by atomic mass is 32.2. The topological polar surface area (TPSA) is 29.5 Å². The lowest BCUT2D eigenvalue weighted by molar-refractivity contribution is -0.275. The van der Waals surface area contributed by atoms with E-state index in [0.717, 1.165) is 12.8 Å². The average molecular weight is 318 g/mol. The highest BCUT2D eigenvalue weighted by Crippen LogP contribution is 2.49. The molecule has 2 aliphatic heterocycles. The van der Waals surface area contributed by atoms with E-state index < -0.39 is 12.0 Å². The van der Waals surface area contributed by atoms with Gasteiger partial charge in [-0.1, -0.05) is 18.2 Å². The number of rotatable bonds is 3. The number of aliphatic hydroxyl groups is 1. The fourth-order valence-corrected chi connectivity index (χ4v) is 5.29. The Morgan fingerprint density at radius 3 is 2.43 bits per heavy atom. The van der Waals surface area contributed by atoms with Crippen molar-refractivity contribution < 1.29 is 23.0 Å². The van der Waals surface area contributed by atoms with E-state index >= 15 is 0 Å². The first-order valence-electron chi connectivity index (χ1n) is 7.04. The van der Waals surface area contributed by atoms with E-state index in [1.165, 1.54) is 12.1 Å². The Kier molecular flexibility index (Phi) is 3.86. The molecule has 1 aromatic carbocycles. The zero-order valence-corrected chi connectivity index (χ0v) is 12.2. The molecule has 0 saturated carbocycles. The van der Waals surface area contributed by atoms with Crippen LogP contribution >= 0.6 is 11.8 Å². The van der Waals surface area contributed by atoms with Crippen LogP contribution in [0, 0.1) is 0 Å². The van der Waals surface area contributed by atoms with Gasteiger partial charge < -0.3 is 9.84 Å². The SMILES string of the molecule is OC1(Cc2ccccc2OC(F)(F)F)CC2CCC(C1)S2. The zero-order chi connectivity index (χ0) is 15.1. The highest BCUT2D eigenvalue weighted by molar-refractivity contribution is 8.00. The molecule has 2 nitrogen and oxygen atoms in total. The molecule has 2 bridgehead atoms. The zero-order valence-electron chi connectivity index (χ0n) is 11.4. The van der Waals surface area contributed by atoms with Gasteiger partial charge in [-0.2, -0.15) is 11.8 Å². The van der Waals surface area contributed by atoms with Crippen LogP contribution in [0.15, 0.2) is 24.3 Å². The molecule has 3 rings (SSSR count). The second-order valence-electron chi connectivity index (χ2n) is 5.92. The lowest BCUT2D eigenvalue weighted by atomic mass is 9.86. The van der Waals surface area contributed by atoms with Crippen molar-refractivity contribution in [2.24, 2.45) is 0 Å². The number of alkyl halides is 3. The third-order valence-electron chi connectivity index (χ3n) is 4.13. The largest absolute Gasteiger partial charge is 0.573 e. The van der Waals surface area contributed by atoms with E-state index in [2.05, 4.69) is 4.74 Å². The maximum absolute atomic E-state index is 12.4. The normalized spacial score (nSPS) is 32.2. The van der Waals surface area contributed by atoms with Gasteiger partial charge in [0.15, 0.2) is 0 Å². The first kappa shape index (κ1) is 15.0. The monoisotopic (exact) mass is 318 g/mol. The third-order valence-corrected chi connectivity index (χ3v) is 5.70. The van der Waals surface area contributed by atoms with Gasteiger partial charge in [-0.05, 0) is 37.3 Å². The maximum Gasteiger partial charge on any atom is 0.573 e. The lowest BCUT2D eigenvalue weighted by Crippen LogP contribution is -2.39. The van der Waals surface area contributed by atoms with Gasteiger partial charge in [-0.3, -0.25) is 0 Å². The smallest absolute Gasteiger partial charge is 0.406 e. The molecule has 2 aliphatic rings. The molecule has 1 aromatic rings. The van der Waals surface area contributed by atoms with Crippen molar-refractivity contribution in [1.29, 1.82) is 0 Å². The Morgan fingerprint density at radius 1 is 1.19 bits per heavy atom. The van der Waals surface area contributed by atoms with Gasteiger partial charge in [-0.15, -0.1) is 13.2 Å². The molecule has 0 aliphatic carbocycles. The molecule has 0 amide bonds. The van der Waals surface area contributed by atoms with Gasteiger partial charge in [0.25, 0.3) is 0 Å². The van der Waals surface area contributed by atoms with Crippen LogP contribution in [0.4, 0.5) is 13.2 Å². The molecular weight excluding hydrogens is 301 g/mol. The average Bonchev–Trinajstić information content (AvgIpc) is 2.70. The highest BCUT2D eigenvalue weighted by Gasteiger charge is 2.44. The minimum atomic E-state index is -4.71. The van der Waals surface area contributed by atoms with E-state index in [1.54, 1.807) is 12.1 Å². The van der Waals surface area contributed by atoms with Gasteiger partial charge in [0.05, 0.1) is 5.60 Å². The standard InChI is InChI=1S/C15H17F3O2S/c16-15(17,18)20-13-4-2-1-3-10(13)7-14(19)8-11-5-6-12(9-14)21-11/h1-4,11-12,19H,5-9H2. The summed E-state index contributed by atoms with van der Waals surface area (Å²) in [5.74, 6) is -0.205. The predicted octanol–water partition coefficient (Wildman–Crippen LogP) is 3.92. The summed E-state index contributed by atoms with van der Waals surface area (Å²) in [5.41, 5.74) is -0.495. The van der Waals surface area contributed by atoms with Gasteiger partial charge in [-0.25, -0.2) is 0 Å². The van der Waals surface area contributed by atoms with Crippen LogP contribution in [0.1, 0.15) is 31.2 Å². The van der Waals surface area contributed by atoms with Crippen LogP contribution in [0.3, 0.4) is 0 Å². The maximum atomic E-state index is 12.4. The molecule has 21 heavy (non-hydrogen) atoms. The molecule has 2 heterocycles. The summed E-state index contributed by atoms with van der Waals surface area (Å²) in [6, 6.07) is 6.09. The quantitative estimate of drug-likeness (QED) is 0.916. The summed E-state index contributed by atoms with van der Waals surface area (Å²) in [7, 11) is 0. The van der Waals surface area contributed by atoms with E-state index in [1.807, 2.05) is 11.8 Å². The van der Waals surface area contributed by atoms with Gasteiger partial charge in [0.1, 0.15) is 5.75 Å². The van der Waals surface area contributed by atoms with E-state index in [-0.39, 0.29) is 12.2 Å². The number of halogens is 3. The van der Waals surface area contributed by atoms with Gasteiger partial charge in [0, 0.05) is 16.9 Å². The summed E-state index contributed by atoms with van der Waals surface area (Å²) < 4.78 is 41.4. The molecule has 2 unspecified atom stereocenters. The number of hydrogen-bond acceptors (Lipinski definition) is 3. The number of ether oxygens (including phenoxy) is 1.